The van der Waals surface area contributed by atoms with Crippen LogP contribution >= 0.6 is 22.6 Å². The fraction of sp³-hybridized carbons (Fsp3) is 0.0196. The molecule has 0 spiro atoms. The van der Waals surface area contributed by atoms with Crippen molar-refractivity contribution in [2.75, 3.05) is 0 Å². The topological polar surface area (TPSA) is 50.5 Å². The van der Waals surface area contributed by atoms with Crippen LogP contribution in [-0.2, 0) is 0 Å². The summed E-state index contributed by atoms with van der Waals surface area (Å²) in [5.41, 5.74) is 12.7. The molecule has 0 N–H and O–H groups in total. The highest BCUT2D eigenvalue weighted by molar-refractivity contribution is 14.1. The molecule has 0 amide bonds. The summed E-state index contributed by atoms with van der Waals surface area (Å²) in [5, 5.41) is 0. The molecule has 5 heteroatoms. The summed E-state index contributed by atoms with van der Waals surface area (Å²) < 4.78 is 0.699. The molecule has 0 aliphatic carbocycles. The number of benzene rings is 7. The van der Waals surface area contributed by atoms with Gasteiger partial charge in [0.2, 0.25) is 0 Å². The van der Waals surface area contributed by atoms with Crippen molar-refractivity contribution < 1.29 is 0 Å². The van der Waals surface area contributed by atoms with E-state index in [9.17, 15) is 0 Å². The maximum absolute atomic E-state index is 5.17. The average molecular weight is 835 g/mol. The molecule has 7 aromatic carbocycles. The Morgan fingerprint density at radius 3 is 1.45 bits per heavy atom. The third-order valence-corrected chi connectivity index (χ3v) is 9.60. The number of aromatic nitrogens is 2. The lowest BCUT2D eigenvalue weighted by Crippen LogP contribution is -2.06. The fourth-order valence-corrected chi connectivity index (χ4v) is 6.93. The van der Waals surface area contributed by atoms with Crippen LogP contribution in [0.1, 0.15) is 23.6 Å². The van der Waals surface area contributed by atoms with Crippen molar-refractivity contribution in [1.29, 1.82) is 0 Å². The van der Waals surface area contributed by atoms with Gasteiger partial charge in [0.15, 0.2) is 9.67 Å². The average Bonchev–Trinajstić information content (AvgIpc) is 3.27. The summed E-state index contributed by atoms with van der Waals surface area (Å²) in [6.45, 7) is 6.32. The first kappa shape index (κ1) is 37.7. The molecule has 0 atom stereocenters. The summed E-state index contributed by atoms with van der Waals surface area (Å²) in [5.74, 6) is 0.609. The number of aliphatic imine (C=N–C) groups is 2. The van der Waals surface area contributed by atoms with Gasteiger partial charge in [-0.3, -0.25) is 0 Å². The standard InChI is InChI=1S/C45H33IN4.C6H6/c1-31(33-18-6-3-7-19-33)47-44(35-22-10-5-11-23-35)48-32(2)36-24-12-13-25-37(36)38-26-14-15-27-39(38)40-28-16-17-29-41(40)43-30-42(49-45(46)50-43)34-20-8-4-9-21-34;1-2-4-6-5-3-1/h3-30H,1H2,2H3;1-6H. The normalized spacial score (nSPS) is 11.3. The second-order valence-electron chi connectivity index (χ2n) is 12.9. The molecular formula is C51H39IN4. The largest absolute Gasteiger partial charge is 0.233 e. The lowest BCUT2D eigenvalue weighted by atomic mass is 9.88. The van der Waals surface area contributed by atoms with Crippen LogP contribution in [-0.4, -0.2) is 21.5 Å². The zero-order chi connectivity index (χ0) is 38.5. The summed E-state index contributed by atoms with van der Waals surface area (Å²) in [7, 11) is 0. The van der Waals surface area contributed by atoms with Gasteiger partial charge in [0, 0.05) is 50.6 Å². The Morgan fingerprint density at radius 1 is 0.446 bits per heavy atom. The van der Waals surface area contributed by atoms with E-state index in [1.165, 1.54) is 0 Å². The first-order chi connectivity index (χ1) is 27.5. The maximum Gasteiger partial charge on any atom is 0.191 e. The number of rotatable bonds is 8. The van der Waals surface area contributed by atoms with Crippen LogP contribution < -0.4 is 0 Å². The Labute approximate surface area is 342 Å². The minimum absolute atomic E-state index is 0.609. The van der Waals surface area contributed by atoms with Crippen molar-refractivity contribution in [1.82, 2.24) is 9.97 Å². The molecule has 270 valence electrons. The van der Waals surface area contributed by atoms with Crippen LogP contribution in [0.4, 0.5) is 0 Å². The minimum atomic E-state index is 0.609. The number of hydrogen-bond donors (Lipinski definition) is 0. The first-order valence-electron chi connectivity index (χ1n) is 18.4. The smallest absolute Gasteiger partial charge is 0.191 e. The summed E-state index contributed by atoms with van der Waals surface area (Å²) >= 11 is 2.21. The van der Waals surface area contributed by atoms with Crippen LogP contribution in [0.15, 0.2) is 223 Å². The Kier molecular flexibility index (Phi) is 12.6. The van der Waals surface area contributed by atoms with Crippen LogP contribution in [0.3, 0.4) is 0 Å². The minimum Gasteiger partial charge on any atom is -0.233 e. The van der Waals surface area contributed by atoms with Crippen molar-refractivity contribution in [2.45, 2.75) is 6.92 Å². The van der Waals surface area contributed by atoms with Gasteiger partial charge in [0.25, 0.3) is 0 Å². The highest BCUT2D eigenvalue weighted by Crippen LogP contribution is 2.39. The van der Waals surface area contributed by atoms with E-state index >= 15 is 0 Å². The molecule has 4 nitrogen and oxygen atoms in total. The molecule has 0 radical (unpaired) electrons. The summed E-state index contributed by atoms with van der Waals surface area (Å²) in [6, 6.07) is 69.8. The second kappa shape index (κ2) is 18.7. The van der Waals surface area contributed by atoms with Crippen LogP contribution in [0.2, 0.25) is 0 Å². The van der Waals surface area contributed by atoms with E-state index in [4.69, 9.17) is 20.0 Å². The van der Waals surface area contributed by atoms with E-state index < -0.39 is 0 Å². The zero-order valence-electron chi connectivity index (χ0n) is 31.0. The number of hydrogen-bond acceptors (Lipinski definition) is 3. The third-order valence-electron chi connectivity index (χ3n) is 9.12. The van der Waals surface area contributed by atoms with E-state index in [-0.39, 0.29) is 0 Å². The van der Waals surface area contributed by atoms with E-state index in [1.807, 2.05) is 122 Å². The molecule has 8 aromatic rings. The molecule has 56 heavy (non-hydrogen) atoms. The quantitative estimate of drug-likeness (QED) is 0.0663. The van der Waals surface area contributed by atoms with Gasteiger partial charge in [-0.05, 0) is 40.8 Å². The number of amidine groups is 1. The molecule has 0 saturated heterocycles. The van der Waals surface area contributed by atoms with Crippen molar-refractivity contribution in [3.8, 4) is 44.8 Å². The van der Waals surface area contributed by atoms with Gasteiger partial charge in [-0.25, -0.2) is 20.0 Å². The van der Waals surface area contributed by atoms with Gasteiger partial charge in [-0.15, -0.1) is 0 Å². The Morgan fingerprint density at radius 2 is 0.857 bits per heavy atom. The van der Waals surface area contributed by atoms with Crippen LogP contribution in [0.5, 0.6) is 0 Å². The molecule has 8 rings (SSSR count). The number of halogens is 1. The third kappa shape index (κ3) is 9.38. The van der Waals surface area contributed by atoms with E-state index in [1.54, 1.807) is 0 Å². The maximum atomic E-state index is 5.17. The van der Waals surface area contributed by atoms with E-state index in [0.29, 0.717) is 15.4 Å². The van der Waals surface area contributed by atoms with E-state index in [0.717, 1.165) is 67.2 Å². The predicted molar refractivity (Wildman–Crippen MR) is 244 cm³/mol. The zero-order valence-corrected chi connectivity index (χ0v) is 33.2. The first-order valence-corrected chi connectivity index (χ1v) is 19.5. The van der Waals surface area contributed by atoms with E-state index in [2.05, 4.69) is 120 Å². The Bertz CT molecular complexity index is 2580. The molecule has 0 bridgehead atoms. The van der Waals surface area contributed by atoms with Gasteiger partial charge >= 0.3 is 0 Å². The molecule has 0 unspecified atom stereocenters. The van der Waals surface area contributed by atoms with Gasteiger partial charge in [0.1, 0.15) is 0 Å². The lowest BCUT2D eigenvalue weighted by molar-refractivity contribution is 1.12. The summed E-state index contributed by atoms with van der Waals surface area (Å²) in [6.07, 6.45) is 0. The Hall–Kier alpha value is -6.57. The SMILES string of the molecule is C=C(N=C(N=C(C)c1ccccc1-c1ccccc1-c1ccccc1-c1cc(-c2ccccc2)nc(I)n1)c1ccccc1)c1ccccc1.c1ccccc1. The van der Waals surface area contributed by atoms with Gasteiger partial charge < -0.3 is 0 Å². The predicted octanol–water partition coefficient (Wildman–Crippen LogP) is 13.4. The van der Waals surface area contributed by atoms with Crippen LogP contribution in [0, 0.1) is 3.83 Å². The summed E-state index contributed by atoms with van der Waals surface area (Å²) in [4.78, 5) is 19.8. The highest BCUT2D eigenvalue weighted by atomic mass is 127. The molecule has 0 aliphatic heterocycles. The van der Waals surface area contributed by atoms with Crippen molar-refractivity contribution in [3.63, 3.8) is 0 Å². The van der Waals surface area contributed by atoms with Gasteiger partial charge in [0.05, 0.1) is 17.1 Å². The Balaban J connectivity index is 0.000000733. The lowest BCUT2D eigenvalue weighted by Gasteiger charge is -2.17. The fourth-order valence-electron chi connectivity index (χ4n) is 6.41. The van der Waals surface area contributed by atoms with Crippen molar-refractivity contribution in [3.05, 3.63) is 233 Å². The molecule has 0 fully saturated rings. The van der Waals surface area contributed by atoms with Crippen LogP contribution in [0.25, 0.3) is 50.5 Å². The molecule has 1 aromatic heterocycles. The van der Waals surface area contributed by atoms with Crippen molar-refractivity contribution >= 4 is 39.8 Å². The molecule has 1 heterocycles. The molecular weight excluding hydrogens is 795 g/mol. The molecule has 0 aliphatic rings. The van der Waals surface area contributed by atoms with Crippen molar-refractivity contribution in [2.24, 2.45) is 9.98 Å². The molecule has 0 saturated carbocycles. The van der Waals surface area contributed by atoms with Gasteiger partial charge in [-0.2, -0.15) is 0 Å². The second-order valence-corrected chi connectivity index (χ2v) is 13.8. The monoisotopic (exact) mass is 834 g/mol. The highest BCUT2D eigenvalue weighted by Gasteiger charge is 2.18. The van der Waals surface area contributed by atoms with Gasteiger partial charge in [-0.1, -0.05) is 207 Å². The number of nitrogens with zero attached hydrogens (tertiary/aromatic N) is 4.